The summed E-state index contributed by atoms with van der Waals surface area (Å²) in [5.74, 6) is -2.62. The van der Waals surface area contributed by atoms with Gasteiger partial charge in [0.2, 0.25) is 11.8 Å². The van der Waals surface area contributed by atoms with Crippen LogP contribution in [0.3, 0.4) is 0 Å². The number of alkyl halides is 1. The van der Waals surface area contributed by atoms with E-state index in [-0.39, 0.29) is 29.9 Å². The SMILES string of the molecule is C=CCCCOC(=O)[C@H]1[C@H]2C(=O)N([C@@H](CC)CO)C(C(=O)N(CC=C)CCCC)C23CC(Br)[C@@H]1O3. The Labute approximate surface area is 216 Å². The molecule has 0 saturated carbocycles. The van der Waals surface area contributed by atoms with Crippen LogP contribution in [0.1, 0.15) is 52.4 Å². The summed E-state index contributed by atoms with van der Waals surface area (Å²) in [6.07, 6.45) is 6.90. The molecule has 0 aromatic rings. The van der Waals surface area contributed by atoms with Crippen molar-refractivity contribution in [3.63, 3.8) is 0 Å². The molecule has 0 aromatic carbocycles. The second kappa shape index (κ2) is 12.0. The maximum atomic E-state index is 14.1. The molecule has 1 N–H and O–H groups in total. The standard InChI is InChI=1S/C26H39BrN2O6/c1-5-9-11-14-34-25(33)19-20-23(31)29(17(8-4)16-30)22(26(20)15-18(27)21(19)35-26)24(32)28(12-7-3)13-10-6-2/h5,7,17-22,30H,1,3,6,8-16H2,2,4H3/t17-,18?,19-,20-,21-,22?,26?/m0/s1. The van der Waals surface area contributed by atoms with Gasteiger partial charge in [0.1, 0.15) is 11.6 Å². The molecule has 3 rings (SSSR count). The number of amides is 2. The van der Waals surface area contributed by atoms with Crippen LogP contribution >= 0.6 is 15.9 Å². The molecule has 196 valence electrons. The number of nitrogens with zero attached hydrogens (tertiary/aromatic N) is 2. The first-order chi connectivity index (χ1) is 16.8. The van der Waals surface area contributed by atoms with Crippen molar-refractivity contribution in [2.75, 3.05) is 26.3 Å². The number of hydrogen-bond acceptors (Lipinski definition) is 6. The maximum Gasteiger partial charge on any atom is 0.312 e. The molecule has 0 aromatic heterocycles. The second-order valence-corrected chi connectivity index (χ2v) is 10.9. The Morgan fingerprint density at radius 1 is 1.34 bits per heavy atom. The number of aliphatic hydroxyl groups excluding tert-OH is 1. The fraction of sp³-hybridized carbons (Fsp3) is 0.731. The molecule has 3 saturated heterocycles. The molecule has 7 atom stereocenters. The van der Waals surface area contributed by atoms with Crippen LogP contribution < -0.4 is 0 Å². The first-order valence-electron chi connectivity index (χ1n) is 12.7. The molecule has 3 aliphatic rings. The van der Waals surface area contributed by atoms with Crippen molar-refractivity contribution in [3.8, 4) is 0 Å². The molecule has 3 fully saturated rings. The Bertz CT molecular complexity index is 818. The topological polar surface area (TPSA) is 96.4 Å². The van der Waals surface area contributed by atoms with Crippen LogP contribution in [0, 0.1) is 11.8 Å². The largest absolute Gasteiger partial charge is 0.465 e. The minimum atomic E-state index is -1.15. The van der Waals surface area contributed by atoms with Gasteiger partial charge in [0.05, 0.1) is 37.2 Å². The lowest BCUT2D eigenvalue weighted by Crippen LogP contribution is -2.59. The predicted molar refractivity (Wildman–Crippen MR) is 136 cm³/mol. The normalized spacial score (nSPS) is 31.8. The summed E-state index contributed by atoms with van der Waals surface area (Å²) >= 11 is 3.66. The lowest BCUT2D eigenvalue weighted by molar-refractivity contribution is -0.156. The van der Waals surface area contributed by atoms with Gasteiger partial charge in [0.25, 0.3) is 0 Å². The number of aliphatic hydroxyl groups is 1. The van der Waals surface area contributed by atoms with E-state index in [0.717, 1.165) is 19.3 Å². The number of esters is 1. The summed E-state index contributed by atoms with van der Waals surface area (Å²) in [7, 11) is 0. The van der Waals surface area contributed by atoms with Crippen LogP contribution in [-0.2, 0) is 23.9 Å². The van der Waals surface area contributed by atoms with E-state index >= 15 is 0 Å². The van der Waals surface area contributed by atoms with Crippen LogP contribution in [0.5, 0.6) is 0 Å². The van der Waals surface area contributed by atoms with E-state index in [9.17, 15) is 19.5 Å². The highest BCUT2D eigenvalue weighted by Gasteiger charge is 2.77. The smallest absolute Gasteiger partial charge is 0.312 e. The van der Waals surface area contributed by atoms with Gasteiger partial charge < -0.3 is 24.4 Å². The fourth-order valence-corrected chi connectivity index (χ4v) is 6.83. The minimum absolute atomic E-state index is 0.190. The number of hydrogen-bond donors (Lipinski definition) is 1. The van der Waals surface area contributed by atoms with E-state index in [1.807, 2.05) is 6.92 Å². The molecule has 35 heavy (non-hydrogen) atoms. The maximum absolute atomic E-state index is 14.1. The molecular formula is C26H39BrN2O6. The van der Waals surface area contributed by atoms with E-state index < -0.39 is 41.6 Å². The molecule has 9 heteroatoms. The molecule has 2 bridgehead atoms. The van der Waals surface area contributed by atoms with Crippen molar-refractivity contribution in [2.24, 2.45) is 11.8 Å². The zero-order valence-electron chi connectivity index (χ0n) is 20.9. The Hall–Kier alpha value is -1.71. The van der Waals surface area contributed by atoms with Crippen molar-refractivity contribution < 1.29 is 29.0 Å². The number of unbranched alkanes of at least 4 members (excludes halogenated alkanes) is 2. The highest BCUT2D eigenvalue weighted by Crippen LogP contribution is 2.60. The van der Waals surface area contributed by atoms with E-state index in [0.29, 0.717) is 32.4 Å². The summed E-state index contributed by atoms with van der Waals surface area (Å²) in [6, 6.07) is -1.47. The van der Waals surface area contributed by atoms with E-state index in [1.54, 1.807) is 17.1 Å². The van der Waals surface area contributed by atoms with Gasteiger partial charge in [0, 0.05) is 17.9 Å². The van der Waals surface area contributed by atoms with Gasteiger partial charge in [-0.05, 0) is 32.1 Å². The lowest BCUT2D eigenvalue weighted by atomic mass is 9.70. The molecule has 8 nitrogen and oxygen atoms in total. The molecule has 0 aliphatic carbocycles. The summed E-state index contributed by atoms with van der Waals surface area (Å²) in [4.78, 5) is 44.3. The van der Waals surface area contributed by atoms with Crippen molar-refractivity contribution in [3.05, 3.63) is 25.3 Å². The number of likely N-dealkylation sites (tertiary alicyclic amines) is 1. The second-order valence-electron chi connectivity index (χ2n) is 9.68. The summed E-state index contributed by atoms with van der Waals surface area (Å²) in [5.41, 5.74) is -1.15. The third-order valence-electron chi connectivity index (χ3n) is 7.55. The van der Waals surface area contributed by atoms with Crippen LogP contribution in [0.4, 0.5) is 0 Å². The summed E-state index contributed by atoms with van der Waals surface area (Å²) in [5, 5.41) is 10.1. The van der Waals surface area contributed by atoms with Crippen LogP contribution in [0.15, 0.2) is 25.3 Å². The zero-order chi connectivity index (χ0) is 25.8. The van der Waals surface area contributed by atoms with Crippen molar-refractivity contribution >= 4 is 33.7 Å². The first kappa shape index (κ1) is 27.9. The number of carbonyl (C=O) groups is 3. The molecule has 2 amide bonds. The quantitative estimate of drug-likeness (QED) is 0.153. The molecule has 3 aliphatic heterocycles. The van der Waals surface area contributed by atoms with Crippen molar-refractivity contribution in [1.29, 1.82) is 0 Å². The molecular weight excluding hydrogens is 516 g/mol. The van der Waals surface area contributed by atoms with Gasteiger partial charge in [-0.25, -0.2) is 0 Å². The van der Waals surface area contributed by atoms with Gasteiger partial charge >= 0.3 is 5.97 Å². The monoisotopic (exact) mass is 554 g/mol. The molecule has 3 heterocycles. The fourth-order valence-electron chi connectivity index (χ4n) is 5.89. The highest BCUT2D eigenvalue weighted by atomic mass is 79.9. The Kier molecular flexibility index (Phi) is 9.57. The van der Waals surface area contributed by atoms with E-state index in [1.165, 1.54) is 4.90 Å². The van der Waals surface area contributed by atoms with E-state index in [2.05, 4.69) is 36.0 Å². The lowest BCUT2D eigenvalue weighted by Gasteiger charge is -2.39. The summed E-state index contributed by atoms with van der Waals surface area (Å²) < 4.78 is 12.0. The van der Waals surface area contributed by atoms with Crippen LogP contribution in [0.25, 0.3) is 0 Å². The molecule has 0 radical (unpaired) electrons. The van der Waals surface area contributed by atoms with Gasteiger partial charge in [-0.3, -0.25) is 14.4 Å². The van der Waals surface area contributed by atoms with Gasteiger partial charge in [-0.2, -0.15) is 0 Å². The number of rotatable bonds is 14. The van der Waals surface area contributed by atoms with Crippen molar-refractivity contribution in [2.45, 2.75) is 81.0 Å². The average Bonchev–Trinajstić information content (AvgIpc) is 3.43. The third-order valence-corrected chi connectivity index (χ3v) is 8.39. The van der Waals surface area contributed by atoms with E-state index in [4.69, 9.17) is 9.47 Å². The van der Waals surface area contributed by atoms with Gasteiger partial charge in [-0.1, -0.05) is 48.4 Å². The zero-order valence-corrected chi connectivity index (χ0v) is 22.5. The Balaban J connectivity index is 2.00. The van der Waals surface area contributed by atoms with Crippen LogP contribution in [0.2, 0.25) is 0 Å². The summed E-state index contributed by atoms with van der Waals surface area (Å²) in [6.45, 7) is 12.3. The number of allylic oxidation sites excluding steroid dienone is 1. The third kappa shape index (κ3) is 4.96. The predicted octanol–water partition coefficient (Wildman–Crippen LogP) is 2.83. The number of halogens is 1. The van der Waals surface area contributed by atoms with Gasteiger partial charge in [-0.15, -0.1) is 13.2 Å². The van der Waals surface area contributed by atoms with Gasteiger partial charge in [0.15, 0.2) is 0 Å². The van der Waals surface area contributed by atoms with Crippen molar-refractivity contribution in [1.82, 2.24) is 9.80 Å². The van der Waals surface area contributed by atoms with Crippen LogP contribution in [-0.4, -0.2) is 87.6 Å². The first-order valence-corrected chi connectivity index (χ1v) is 13.7. The Morgan fingerprint density at radius 3 is 2.69 bits per heavy atom. The highest BCUT2D eigenvalue weighted by molar-refractivity contribution is 9.09. The number of ether oxygens (including phenoxy) is 2. The average molecular weight is 556 g/mol. The Morgan fingerprint density at radius 2 is 2.09 bits per heavy atom. The molecule has 1 spiro atoms. The molecule has 3 unspecified atom stereocenters. The minimum Gasteiger partial charge on any atom is -0.465 e. The number of carbonyl (C=O) groups excluding carboxylic acids is 3. The number of fused-ring (bicyclic) bond motifs is 1.